The van der Waals surface area contributed by atoms with Gasteiger partial charge in [-0.2, -0.15) is 4.98 Å². The smallest absolute Gasteiger partial charge is 0.224 e. The van der Waals surface area contributed by atoms with Gasteiger partial charge in [-0.1, -0.05) is 13.8 Å². The van der Waals surface area contributed by atoms with Crippen LogP contribution in [0.1, 0.15) is 20.3 Å². The summed E-state index contributed by atoms with van der Waals surface area (Å²) in [5.74, 6) is 0.904. The molecular formula is C10H13BrClN3. The van der Waals surface area contributed by atoms with Crippen LogP contribution in [0.15, 0.2) is 10.7 Å². The van der Waals surface area contributed by atoms with Gasteiger partial charge < -0.3 is 4.90 Å². The number of hydrogen-bond donors (Lipinski definition) is 0. The molecule has 1 fully saturated rings. The fraction of sp³-hybridized carbons (Fsp3) is 0.600. The summed E-state index contributed by atoms with van der Waals surface area (Å²) >= 11 is 9.22. The van der Waals surface area contributed by atoms with Gasteiger partial charge in [0.2, 0.25) is 5.28 Å². The van der Waals surface area contributed by atoms with E-state index in [-0.39, 0.29) is 0 Å². The zero-order valence-corrected chi connectivity index (χ0v) is 11.1. The third-order valence-corrected chi connectivity index (χ3v) is 3.74. The van der Waals surface area contributed by atoms with E-state index in [0.29, 0.717) is 10.7 Å². The van der Waals surface area contributed by atoms with E-state index in [1.54, 1.807) is 6.20 Å². The number of nitrogens with zero attached hydrogens (tertiary/aromatic N) is 3. The van der Waals surface area contributed by atoms with E-state index in [4.69, 9.17) is 11.6 Å². The first kappa shape index (κ1) is 11.1. The fourth-order valence-electron chi connectivity index (χ4n) is 1.81. The lowest BCUT2D eigenvalue weighted by atomic mass is 9.79. The molecule has 0 atom stereocenters. The molecule has 0 unspecified atom stereocenters. The minimum atomic E-state index is 0.304. The Morgan fingerprint density at radius 1 is 1.60 bits per heavy atom. The Labute approximate surface area is 103 Å². The number of anilines is 1. The molecule has 82 valence electrons. The second kappa shape index (κ2) is 3.91. The van der Waals surface area contributed by atoms with Gasteiger partial charge in [0, 0.05) is 24.7 Å². The van der Waals surface area contributed by atoms with E-state index < -0.39 is 0 Å². The van der Waals surface area contributed by atoms with Crippen molar-refractivity contribution in [3.63, 3.8) is 0 Å². The highest BCUT2D eigenvalue weighted by Crippen LogP contribution is 2.38. The van der Waals surface area contributed by atoms with Gasteiger partial charge in [0.05, 0.1) is 4.47 Å². The van der Waals surface area contributed by atoms with Crippen molar-refractivity contribution >= 4 is 33.3 Å². The molecule has 0 N–H and O–H groups in total. The second-order valence-corrected chi connectivity index (χ2v) is 5.52. The minimum absolute atomic E-state index is 0.304. The maximum atomic E-state index is 5.78. The quantitative estimate of drug-likeness (QED) is 0.784. The first-order chi connectivity index (χ1) is 7.04. The Kier molecular flexibility index (Phi) is 2.90. The van der Waals surface area contributed by atoms with Crippen molar-refractivity contribution in [2.24, 2.45) is 5.41 Å². The molecule has 0 bridgehead atoms. The molecule has 1 saturated heterocycles. The molecule has 1 aromatic heterocycles. The average Bonchev–Trinajstić information content (AvgIpc) is 2.17. The van der Waals surface area contributed by atoms with E-state index in [0.717, 1.165) is 23.4 Å². The van der Waals surface area contributed by atoms with Gasteiger partial charge in [-0.25, -0.2) is 4.98 Å². The fourth-order valence-corrected chi connectivity index (χ4v) is 2.38. The Morgan fingerprint density at radius 2 is 2.27 bits per heavy atom. The van der Waals surface area contributed by atoms with Gasteiger partial charge in [0.1, 0.15) is 5.82 Å². The van der Waals surface area contributed by atoms with Gasteiger partial charge in [0.25, 0.3) is 0 Å². The summed E-state index contributed by atoms with van der Waals surface area (Å²) < 4.78 is 0.907. The predicted octanol–water partition coefficient (Wildman–Crippen LogP) is 3.13. The lowest BCUT2D eigenvalue weighted by Crippen LogP contribution is -2.54. The maximum Gasteiger partial charge on any atom is 0.224 e. The van der Waals surface area contributed by atoms with Crippen LogP contribution in [0.4, 0.5) is 5.82 Å². The zero-order chi connectivity index (χ0) is 11.1. The summed E-state index contributed by atoms with van der Waals surface area (Å²) in [6.07, 6.45) is 2.90. The van der Waals surface area contributed by atoms with Crippen LogP contribution in [0.25, 0.3) is 0 Å². The largest absolute Gasteiger partial charge is 0.354 e. The molecule has 0 spiro atoms. The first-order valence-corrected chi connectivity index (χ1v) is 6.14. The molecule has 0 radical (unpaired) electrons. The summed E-state index contributed by atoms with van der Waals surface area (Å²) in [6, 6.07) is 0. The van der Waals surface area contributed by atoms with E-state index in [1.807, 2.05) is 0 Å². The van der Waals surface area contributed by atoms with Crippen molar-refractivity contribution < 1.29 is 0 Å². The predicted molar refractivity (Wildman–Crippen MR) is 65.4 cm³/mol. The molecule has 2 rings (SSSR count). The van der Waals surface area contributed by atoms with Crippen LogP contribution in [-0.2, 0) is 0 Å². The highest BCUT2D eigenvalue weighted by Gasteiger charge is 2.38. The van der Waals surface area contributed by atoms with Crippen LogP contribution in [-0.4, -0.2) is 23.1 Å². The lowest BCUT2D eigenvalue weighted by Gasteiger charge is -2.48. The van der Waals surface area contributed by atoms with Gasteiger partial charge >= 0.3 is 0 Å². The van der Waals surface area contributed by atoms with Crippen LogP contribution >= 0.6 is 27.5 Å². The standard InChI is InChI=1S/C10H13BrClN3/c1-3-10(2)5-15(6-10)8-7(11)4-13-9(12)14-8/h4H,3,5-6H2,1-2H3. The van der Waals surface area contributed by atoms with Crippen molar-refractivity contribution in [3.05, 3.63) is 16.0 Å². The average molecular weight is 291 g/mol. The molecule has 2 heterocycles. The second-order valence-electron chi connectivity index (χ2n) is 4.33. The maximum absolute atomic E-state index is 5.78. The number of rotatable bonds is 2. The van der Waals surface area contributed by atoms with Gasteiger partial charge in [0.15, 0.2) is 0 Å². The van der Waals surface area contributed by atoms with Gasteiger partial charge in [-0.05, 0) is 34.0 Å². The molecule has 1 aliphatic heterocycles. The van der Waals surface area contributed by atoms with Gasteiger partial charge in [-0.15, -0.1) is 0 Å². The van der Waals surface area contributed by atoms with E-state index in [2.05, 4.69) is 44.6 Å². The van der Waals surface area contributed by atoms with E-state index >= 15 is 0 Å². The first-order valence-electron chi connectivity index (χ1n) is 4.97. The lowest BCUT2D eigenvalue weighted by molar-refractivity contribution is 0.232. The summed E-state index contributed by atoms with van der Waals surface area (Å²) in [4.78, 5) is 10.4. The Bertz CT molecular complexity index is 377. The number of halogens is 2. The normalized spacial score (nSPS) is 18.8. The van der Waals surface area contributed by atoms with Crippen LogP contribution in [0, 0.1) is 5.41 Å². The molecule has 0 aromatic carbocycles. The summed E-state index contributed by atoms with van der Waals surface area (Å²) in [5, 5.41) is 0.304. The van der Waals surface area contributed by atoms with Crippen LogP contribution in [0.5, 0.6) is 0 Å². The third-order valence-electron chi connectivity index (χ3n) is 2.99. The Hall–Kier alpha value is -0.350. The topological polar surface area (TPSA) is 29.0 Å². The van der Waals surface area contributed by atoms with Crippen LogP contribution in [0.3, 0.4) is 0 Å². The monoisotopic (exact) mass is 289 g/mol. The third kappa shape index (κ3) is 2.11. The SMILES string of the molecule is CCC1(C)CN(c2nc(Cl)ncc2Br)C1. The molecule has 1 aliphatic rings. The van der Waals surface area contributed by atoms with E-state index in [9.17, 15) is 0 Å². The van der Waals surface area contributed by atoms with Crippen molar-refractivity contribution in [1.82, 2.24) is 9.97 Å². The van der Waals surface area contributed by atoms with Crippen LogP contribution < -0.4 is 4.90 Å². The van der Waals surface area contributed by atoms with Crippen molar-refractivity contribution in [2.75, 3.05) is 18.0 Å². The highest BCUT2D eigenvalue weighted by molar-refractivity contribution is 9.10. The molecule has 0 amide bonds. The molecule has 3 nitrogen and oxygen atoms in total. The highest BCUT2D eigenvalue weighted by atomic mass is 79.9. The minimum Gasteiger partial charge on any atom is -0.354 e. The molecule has 0 aliphatic carbocycles. The van der Waals surface area contributed by atoms with Crippen molar-refractivity contribution in [3.8, 4) is 0 Å². The summed E-state index contributed by atoms with van der Waals surface area (Å²) in [5.41, 5.74) is 0.427. The number of aromatic nitrogens is 2. The Morgan fingerprint density at radius 3 is 2.87 bits per heavy atom. The van der Waals surface area contributed by atoms with E-state index in [1.165, 1.54) is 6.42 Å². The number of hydrogen-bond acceptors (Lipinski definition) is 3. The molecule has 0 saturated carbocycles. The van der Waals surface area contributed by atoms with Crippen molar-refractivity contribution in [2.45, 2.75) is 20.3 Å². The molecular weight excluding hydrogens is 277 g/mol. The van der Waals surface area contributed by atoms with Crippen LogP contribution in [0.2, 0.25) is 5.28 Å². The summed E-state index contributed by atoms with van der Waals surface area (Å²) in [6.45, 7) is 6.59. The van der Waals surface area contributed by atoms with Gasteiger partial charge in [-0.3, -0.25) is 0 Å². The molecule has 15 heavy (non-hydrogen) atoms. The molecule has 1 aromatic rings. The molecule has 5 heteroatoms. The summed E-state index contributed by atoms with van der Waals surface area (Å²) in [7, 11) is 0. The van der Waals surface area contributed by atoms with Crippen molar-refractivity contribution in [1.29, 1.82) is 0 Å². The zero-order valence-electron chi connectivity index (χ0n) is 8.80. The Balaban J connectivity index is 2.16.